The number of allylic oxidation sites excluding steroid dienone is 2. The zero-order chi connectivity index (χ0) is 31.7. The number of ketones is 2. The number of aromatic hydroxyl groups is 1. The highest BCUT2D eigenvalue weighted by Crippen LogP contribution is 2.74. The largest absolute Gasteiger partial charge is 0.507 e. The third-order valence-corrected chi connectivity index (χ3v) is 9.71. The normalized spacial score (nSPS) is 26.1. The van der Waals surface area contributed by atoms with E-state index in [-0.39, 0.29) is 40.2 Å². The summed E-state index contributed by atoms with van der Waals surface area (Å²) in [6.45, 7) is 1.87. The standard InChI is InChI=1S/C36H30N2O7/c1-19(39)35-18-36(35)23-16-24(40)29-30(31(23)38-26(35)13-9-4-5-10-14-27(36)41)32(42)21-15-25(44-2)22(34(45-3)28(21)33(29)43)17-37-20-11-7-6-8-12-20/h4-8,11-12,15-16,19,26-27,37-41H,17-18H2,1-3H3/b5-4-/t19-,26+,27+,35-,36-/m1/s1. The Morgan fingerprint density at radius 3 is 2.44 bits per heavy atom. The van der Waals surface area contributed by atoms with E-state index in [0.717, 1.165) is 5.69 Å². The van der Waals surface area contributed by atoms with E-state index in [9.17, 15) is 24.9 Å². The molecule has 0 spiro atoms. The molecule has 4 aliphatic rings. The van der Waals surface area contributed by atoms with Gasteiger partial charge in [-0.15, -0.1) is 0 Å². The molecule has 3 aromatic carbocycles. The molecular formula is C36H30N2O7. The van der Waals surface area contributed by atoms with Crippen molar-refractivity contribution in [3.63, 3.8) is 0 Å². The maximum absolute atomic E-state index is 14.5. The summed E-state index contributed by atoms with van der Waals surface area (Å²) in [6, 6.07) is 11.7. The number of carbonyl (C=O) groups is 2. The minimum Gasteiger partial charge on any atom is -0.507 e. The van der Waals surface area contributed by atoms with E-state index in [2.05, 4.69) is 34.3 Å². The number of aliphatic hydroxyl groups is 2. The number of hydrogen-bond acceptors (Lipinski definition) is 9. The van der Waals surface area contributed by atoms with Gasteiger partial charge in [0.1, 0.15) is 23.4 Å². The van der Waals surface area contributed by atoms with Crippen LogP contribution < -0.4 is 20.1 Å². The van der Waals surface area contributed by atoms with Gasteiger partial charge in [0.05, 0.1) is 54.3 Å². The predicted octanol–water partition coefficient (Wildman–Crippen LogP) is 3.54. The minimum absolute atomic E-state index is 0.0213. The van der Waals surface area contributed by atoms with Crippen molar-refractivity contribution in [1.82, 2.24) is 0 Å². The maximum Gasteiger partial charge on any atom is 0.202 e. The van der Waals surface area contributed by atoms with E-state index < -0.39 is 46.4 Å². The van der Waals surface area contributed by atoms with Crippen LogP contribution >= 0.6 is 0 Å². The van der Waals surface area contributed by atoms with Gasteiger partial charge < -0.3 is 35.4 Å². The Balaban J connectivity index is 1.43. The number of carbonyl (C=O) groups excluding carboxylic acids is 2. The van der Waals surface area contributed by atoms with Gasteiger partial charge in [0, 0.05) is 28.6 Å². The minimum atomic E-state index is -1.25. The molecule has 0 unspecified atom stereocenters. The van der Waals surface area contributed by atoms with Gasteiger partial charge in [0.25, 0.3) is 0 Å². The molecule has 0 radical (unpaired) electrons. The molecule has 9 nitrogen and oxygen atoms in total. The third kappa shape index (κ3) is 3.78. The van der Waals surface area contributed by atoms with Crippen LogP contribution in [0.15, 0.2) is 54.6 Å². The van der Waals surface area contributed by atoms with Crippen LogP contribution in [0.4, 0.5) is 11.4 Å². The number of nitrogens with one attached hydrogen (secondary N) is 2. The molecule has 45 heavy (non-hydrogen) atoms. The quantitative estimate of drug-likeness (QED) is 0.166. The highest BCUT2D eigenvalue weighted by atomic mass is 16.5. The molecule has 1 saturated carbocycles. The van der Waals surface area contributed by atoms with Crippen LogP contribution in [-0.2, 0) is 12.0 Å². The lowest BCUT2D eigenvalue weighted by Crippen LogP contribution is -2.50. The monoisotopic (exact) mass is 602 g/mol. The summed E-state index contributed by atoms with van der Waals surface area (Å²) in [7, 11) is 2.89. The number of methoxy groups -OCH3 is 2. The first-order valence-electron chi connectivity index (χ1n) is 14.6. The first kappa shape index (κ1) is 28.5. The molecule has 226 valence electrons. The topological polar surface area (TPSA) is 137 Å². The van der Waals surface area contributed by atoms with Crippen molar-refractivity contribution in [3.05, 3.63) is 88.0 Å². The Labute approximate surface area is 259 Å². The molecule has 7 rings (SSSR count). The molecule has 1 aliphatic heterocycles. The number of benzene rings is 3. The zero-order valence-electron chi connectivity index (χ0n) is 24.8. The van der Waals surface area contributed by atoms with E-state index in [4.69, 9.17) is 9.47 Å². The number of anilines is 2. The second kappa shape index (κ2) is 10.2. The van der Waals surface area contributed by atoms with Crippen LogP contribution in [0.3, 0.4) is 0 Å². The van der Waals surface area contributed by atoms with E-state index in [1.807, 2.05) is 30.3 Å². The molecule has 3 aliphatic carbocycles. The van der Waals surface area contributed by atoms with Gasteiger partial charge in [-0.25, -0.2) is 0 Å². The first-order valence-corrected chi connectivity index (χ1v) is 14.6. The molecule has 9 heteroatoms. The highest BCUT2D eigenvalue weighted by Gasteiger charge is 2.79. The number of aliphatic hydroxyl groups excluding tert-OH is 2. The number of ether oxygens (including phenoxy) is 2. The number of rotatable bonds is 6. The van der Waals surface area contributed by atoms with Crippen molar-refractivity contribution in [2.75, 3.05) is 24.9 Å². The number of hydrogen-bond donors (Lipinski definition) is 5. The molecule has 1 fully saturated rings. The van der Waals surface area contributed by atoms with E-state index in [1.165, 1.54) is 32.4 Å². The molecule has 0 amide bonds. The average molecular weight is 603 g/mol. The number of phenolic OH excluding ortho intramolecular Hbond substituents is 1. The van der Waals surface area contributed by atoms with Crippen LogP contribution in [0.5, 0.6) is 17.2 Å². The number of fused-ring (bicyclic) bond motifs is 4. The van der Waals surface area contributed by atoms with E-state index in [1.54, 1.807) is 13.0 Å². The Bertz CT molecular complexity index is 1960. The van der Waals surface area contributed by atoms with Crippen LogP contribution in [0.1, 0.15) is 56.3 Å². The average Bonchev–Trinajstić information content (AvgIpc) is 3.77. The fraction of sp³-hybridized carbons (Fsp3) is 0.278. The molecule has 5 N–H and O–H groups in total. The second-order valence-electron chi connectivity index (χ2n) is 11.7. The van der Waals surface area contributed by atoms with Gasteiger partial charge in [0.15, 0.2) is 5.78 Å². The van der Waals surface area contributed by atoms with Gasteiger partial charge in [0.2, 0.25) is 5.78 Å². The summed E-state index contributed by atoms with van der Waals surface area (Å²) in [6.07, 6.45) is 1.21. The third-order valence-electron chi connectivity index (χ3n) is 9.71. The van der Waals surface area contributed by atoms with Crippen molar-refractivity contribution in [2.45, 2.75) is 43.6 Å². The van der Waals surface area contributed by atoms with E-state index >= 15 is 0 Å². The predicted molar refractivity (Wildman–Crippen MR) is 167 cm³/mol. The van der Waals surface area contributed by atoms with Crippen molar-refractivity contribution < 1.29 is 34.4 Å². The molecular weight excluding hydrogens is 572 g/mol. The Morgan fingerprint density at radius 2 is 1.76 bits per heavy atom. The summed E-state index contributed by atoms with van der Waals surface area (Å²) >= 11 is 0. The molecule has 0 aromatic heterocycles. The summed E-state index contributed by atoms with van der Waals surface area (Å²) in [5, 5.41) is 40.7. The Hall–Kier alpha value is -5.22. The van der Waals surface area contributed by atoms with Crippen molar-refractivity contribution >= 4 is 22.9 Å². The lowest BCUT2D eigenvalue weighted by atomic mass is 9.69. The SMILES string of the molecule is COc1cc2c(c(OC)c1CNc1ccccc1)C(=O)c1c(O)cc3c(c1C2=O)N[C@H]1C#C/C=C\C#C[C@H](O)[C@@]32C[C@@]12[C@@H](C)O. The summed E-state index contributed by atoms with van der Waals surface area (Å²) in [5.41, 5.74) is -0.205. The van der Waals surface area contributed by atoms with Gasteiger partial charge in [-0.1, -0.05) is 41.9 Å². The van der Waals surface area contributed by atoms with Gasteiger partial charge in [-0.05, 0) is 55.3 Å². The molecule has 0 saturated heterocycles. The van der Waals surface area contributed by atoms with Crippen LogP contribution in [-0.4, -0.2) is 59.4 Å². The summed E-state index contributed by atoms with van der Waals surface area (Å²) < 4.78 is 11.5. The van der Waals surface area contributed by atoms with Crippen molar-refractivity contribution in [1.29, 1.82) is 0 Å². The number of para-hydroxylation sites is 1. The van der Waals surface area contributed by atoms with Crippen LogP contribution in [0, 0.1) is 29.1 Å². The Kier molecular flexibility index (Phi) is 6.45. The lowest BCUT2D eigenvalue weighted by Gasteiger charge is -2.42. The van der Waals surface area contributed by atoms with E-state index in [0.29, 0.717) is 23.3 Å². The van der Waals surface area contributed by atoms with Gasteiger partial charge >= 0.3 is 0 Å². The summed E-state index contributed by atoms with van der Waals surface area (Å²) in [5.74, 6) is 10.7. The molecule has 5 atom stereocenters. The van der Waals surface area contributed by atoms with Gasteiger partial charge in [-0.2, -0.15) is 0 Å². The molecule has 3 aromatic rings. The maximum atomic E-state index is 14.5. The second-order valence-corrected chi connectivity index (χ2v) is 11.7. The fourth-order valence-electron chi connectivity index (χ4n) is 7.57. The summed E-state index contributed by atoms with van der Waals surface area (Å²) in [4.78, 5) is 28.8. The van der Waals surface area contributed by atoms with Crippen molar-refractivity contribution in [2.24, 2.45) is 5.41 Å². The highest BCUT2D eigenvalue weighted by molar-refractivity contribution is 6.32. The zero-order valence-corrected chi connectivity index (χ0v) is 24.8. The van der Waals surface area contributed by atoms with Gasteiger partial charge in [-0.3, -0.25) is 9.59 Å². The fourth-order valence-corrected chi connectivity index (χ4v) is 7.57. The van der Waals surface area contributed by atoms with Crippen LogP contribution in [0.25, 0.3) is 0 Å². The Morgan fingerprint density at radius 1 is 1.02 bits per heavy atom. The van der Waals surface area contributed by atoms with Crippen LogP contribution in [0.2, 0.25) is 0 Å². The molecule has 2 bridgehead atoms. The smallest absolute Gasteiger partial charge is 0.202 e. The first-order chi connectivity index (χ1) is 21.7. The van der Waals surface area contributed by atoms with Crippen molar-refractivity contribution in [3.8, 4) is 40.9 Å². The lowest BCUT2D eigenvalue weighted by molar-refractivity contribution is 0.0603. The number of phenols is 1. The molecule has 1 heterocycles.